The van der Waals surface area contributed by atoms with Crippen molar-refractivity contribution >= 4 is 29.1 Å². The van der Waals surface area contributed by atoms with E-state index < -0.39 is 23.2 Å². The zero-order valence-corrected chi connectivity index (χ0v) is 41.0. The Morgan fingerprint density at radius 1 is 0.892 bits per heavy atom. The molecule has 0 aromatic heterocycles. The summed E-state index contributed by atoms with van der Waals surface area (Å²) in [6.07, 6.45) is 22.0. The molecule has 0 radical (unpaired) electrons. The summed E-state index contributed by atoms with van der Waals surface area (Å²) >= 11 is 0. The smallest absolute Gasteiger partial charge is 0.350 e. The lowest BCUT2D eigenvalue weighted by molar-refractivity contribution is -0.156. The fourth-order valence-electron chi connectivity index (χ4n) is 10.2. The number of aliphatic hydroxyl groups is 2. The molecule has 5 aliphatic heterocycles. The third-order valence-corrected chi connectivity index (χ3v) is 14.5. The first kappa shape index (κ1) is 49.3. The van der Waals surface area contributed by atoms with E-state index in [0.717, 1.165) is 81.9 Å². The zero-order chi connectivity index (χ0) is 47.3. The van der Waals surface area contributed by atoms with Crippen molar-refractivity contribution in [2.75, 3.05) is 13.7 Å². The highest BCUT2D eigenvalue weighted by Crippen LogP contribution is 2.51. The van der Waals surface area contributed by atoms with Crippen molar-refractivity contribution in [2.24, 2.45) is 44.6 Å². The number of methoxy groups -OCH3 is 1. The maximum Gasteiger partial charge on any atom is 0.350 e. The molecule has 350 valence electrons. The summed E-state index contributed by atoms with van der Waals surface area (Å²) in [5.41, 5.74) is 8.67. The predicted octanol–water partition coefficient (Wildman–Crippen LogP) is 12.1. The molecule has 0 aromatic carbocycles. The molecule has 65 heavy (non-hydrogen) atoms. The number of allylic oxidation sites excluding steroid dienone is 12. The number of aliphatic imine (C=N–C) groups is 3. The molecule has 0 unspecified atom stereocenters. The Bertz CT molecular complexity index is 2350. The molecular formula is C55H74N4O6. The Labute approximate surface area is 388 Å². The van der Waals surface area contributed by atoms with Gasteiger partial charge in [0.05, 0.1) is 41.3 Å². The molecule has 10 heteroatoms. The summed E-state index contributed by atoms with van der Waals surface area (Å²) in [6, 6.07) is 0. The van der Waals surface area contributed by atoms with Gasteiger partial charge in [0.25, 0.3) is 0 Å². The minimum Gasteiger partial charge on any atom is -0.507 e. The first-order chi connectivity index (χ1) is 30.9. The van der Waals surface area contributed by atoms with Crippen LogP contribution in [0.5, 0.6) is 0 Å². The van der Waals surface area contributed by atoms with Gasteiger partial charge in [-0.2, -0.15) is 0 Å². The molecule has 5 atom stereocenters. The molecule has 5 heterocycles. The van der Waals surface area contributed by atoms with E-state index >= 15 is 0 Å². The fourth-order valence-corrected chi connectivity index (χ4v) is 10.2. The Balaban J connectivity index is 1.22. The van der Waals surface area contributed by atoms with E-state index in [1.165, 1.54) is 57.6 Å². The van der Waals surface area contributed by atoms with Gasteiger partial charge >= 0.3 is 11.9 Å². The molecule has 1 fully saturated rings. The van der Waals surface area contributed by atoms with E-state index in [9.17, 15) is 19.8 Å². The number of hydrogen-bond donors (Lipinski definition) is 3. The Hall–Kier alpha value is -5.09. The van der Waals surface area contributed by atoms with Crippen LogP contribution < -0.4 is 5.32 Å². The SMILES string of the molecule is C=CC1=C(C)C2=NC1=CC1=NC(=CC3=C(C)C4=C(O)[C@@](O)(C(=O)OC)C(=C5NC(=C2)[C@H](C)[C@H]5CCC(=O)OC/C=C(\C)CCC[C@H](C)CCC[C@H](C)CCCC(C)C)C4=N3)C(CC)=C1C. The lowest BCUT2D eigenvalue weighted by Crippen LogP contribution is -2.44. The van der Waals surface area contributed by atoms with Crippen molar-refractivity contribution in [1.82, 2.24) is 5.32 Å². The summed E-state index contributed by atoms with van der Waals surface area (Å²) in [5, 5.41) is 27.9. The normalized spacial score (nSPS) is 23.7. The number of aliphatic hydroxyl groups excluding tert-OH is 1. The number of rotatable bonds is 20. The minimum atomic E-state index is -2.55. The quantitative estimate of drug-likeness (QED) is 0.0816. The van der Waals surface area contributed by atoms with Crippen molar-refractivity contribution in [3.05, 3.63) is 116 Å². The van der Waals surface area contributed by atoms with Gasteiger partial charge in [0.2, 0.25) is 5.60 Å². The maximum atomic E-state index is 13.7. The van der Waals surface area contributed by atoms with E-state index in [-0.39, 0.29) is 41.8 Å². The second-order valence-corrected chi connectivity index (χ2v) is 19.7. The second-order valence-electron chi connectivity index (χ2n) is 19.7. The highest BCUT2D eigenvalue weighted by molar-refractivity contribution is 6.26. The fraction of sp³-hybridized carbons (Fsp3) is 0.545. The van der Waals surface area contributed by atoms with E-state index in [2.05, 4.69) is 60.4 Å². The molecule has 0 aromatic rings. The van der Waals surface area contributed by atoms with Crippen LogP contribution in [0.4, 0.5) is 0 Å². The number of fused-ring (bicyclic) bond motifs is 5. The van der Waals surface area contributed by atoms with Crippen LogP contribution in [0, 0.1) is 29.6 Å². The standard InChI is InChI=1S/C55H74N4O6/c1-13-39-35(8)42-28-44-37(10)41(24-25-48(60)65-27-26-34(7)23-17-22-33(6)21-16-20-32(5)19-15-18-31(3)4)51(58-44)50-52-49(53(61)55(50,63)54(62)64-12)38(11)45(59-52)30-47-40(14-2)36(9)43(57-47)29-46(39)56-42/h13,26,28-33,37,41,58,61,63H,1,14-25,27H2,2-12H3/b34-26+,44-28?,46-29?,47-30?,51-50?/t32-,33-,37-,41-,55-/m1/s1. The average molecular weight is 887 g/mol. The Morgan fingerprint density at radius 2 is 1.54 bits per heavy atom. The monoisotopic (exact) mass is 887 g/mol. The van der Waals surface area contributed by atoms with Gasteiger partial charge in [-0.3, -0.25) is 4.79 Å². The van der Waals surface area contributed by atoms with Crippen LogP contribution in [0.15, 0.2) is 131 Å². The van der Waals surface area contributed by atoms with E-state index in [1.54, 1.807) is 0 Å². The summed E-state index contributed by atoms with van der Waals surface area (Å²) in [7, 11) is 1.18. The first-order valence-corrected chi connectivity index (χ1v) is 24.2. The largest absolute Gasteiger partial charge is 0.507 e. The van der Waals surface area contributed by atoms with Crippen molar-refractivity contribution in [1.29, 1.82) is 0 Å². The van der Waals surface area contributed by atoms with Gasteiger partial charge in [-0.25, -0.2) is 19.8 Å². The van der Waals surface area contributed by atoms with Gasteiger partial charge in [-0.1, -0.05) is 105 Å². The van der Waals surface area contributed by atoms with Crippen LogP contribution in [0.25, 0.3) is 0 Å². The van der Waals surface area contributed by atoms with Crippen LogP contribution in [-0.2, 0) is 19.1 Å². The topological polar surface area (TPSA) is 142 Å². The lowest BCUT2D eigenvalue weighted by atomic mass is 9.83. The number of nitrogens with one attached hydrogen (secondary N) is 1. The molecule has 10 nitrogen and oxygen atoms in total. The average Bonchev–Trinajstić information content (AvgIpc) is 3.99. The molecule has 3 N–H and O–H groups in total. The van der Waals surface area contributed by atoms with Gasteiger partial charge in [0.1, 0.15) is 6.61 Å². The second kappa shape index (κ2) is 21.0. The molecule has 6 rings (SSSR count). The zero-order valence-electron chi connectivity index (χ0n) is 41.0. The van der Waals surface area contributed by atoms with Crippen molar-refractivity contribution in [3.8, 4) is 0 Å². The number of esters is 2. The summed E-state index contributed by atoms with van der Waals surface area (Å²) in [6.45, 7) is 25.8. The van der Waals surface area contributed by atoms with Crippen LogP contribution in [0.3, 0.4) is 0 Å². The number of hydrogen-bond acceptors (Lipinski definition) is 10. The Kier molecular flexibility index (Phi) is 16.0. The van der Waals surface area contributed by atoms with Gasteiger partial charge in [-0.15, -0.1) is 0 Å². The van der Waals surface area contributed by atoms with Crippen LogP contribution in [-0.4, -0.2) is 58.6 Å². The summed E-state index contributed by atoms with van der Waals surface area (Å²) in [5.74, 6) is -0.273. The number of carbonyl (C=O) groups is 2. The van der Waals surface area contributed by atoms with E-state index in [1.807, 2.05) is 51.2 Å². The van der Waals surface area contributed by atoms with E-state index in [4.69, 9.17) is 24.5 Å². The number of carbonyl (C=O) groups excluding carboxylic acids is 2. The highest BCUT2D eigenvalue weighted by atomic mass is 16.5. The van der Waals surface area contributed by atoms with Crippen molar-refractivity contribution in [3.63, 3.8) is 0 Å². The molecule has 0 amide bonds. The van der Waals surface area contributed by atoms with Crippen LogP contribution in [0.1, 0.15) is 146 Å². The maximum absolute atomic E-state index is 13.7. The van der Waals surface area contributed by atoms with Crippen molar-refractivity contribution in [2.45, 2.75) is 152 Å². The number of ether oxygens (including phenoxy) is 2. The lowest BCUT2D eigenvalue weighted by Gasteiger charge is -2.26. The van der Waals surface area contributed by atoms with Crippen LogP contribution >= 0.6 is 0 Å². The summed E-state index contributed by atoms with van der Waals surface area (Å²) < 4.78 is 10.9. The van der Waals surface area contributed by atoms with E-state index in [0.29, 0.717) is 29.3 Å². The molecule has 6 aliphatic rings. The van der Waals surface area contributed by atoms with Crippen molar-refractivity contribution < 1.29 is 29.3 Å². The van der Waals surface area contributed by atoms with Gasteiger partial charge < -0.3 is 25.0 Å². The third kappa shape index (κ3) is 10.3. The molecule has 8 bridgehead atoms. The number of nitrogens with zero attached hydrogens (tertiary/aromatic N) is 3. The van der Waals surface area contributed by atoms with Gasteiger partial charge in [0.15, 0.2) is 5.76 Å². The van der Waals surface area contributed by atoms with Gasteiger partial charge in [-0.05, 0) is 118 Å². The molecule has 1 saturated heterocycles. The molecule has 0 saturated carbocycles. The predicted molar refractivity (Wildman–Crippen MR) is 263 cm³/mol. The minimum absolute atomic E-state index is 0.0878. The molecular weight excluding hydrogens is 813 g/mol. The molecule has 1 aliphatic carbocycles. The van der Waals surface area contributed by atoms with Crippen LogP contribution in [0.2, 0.25) is 0 Å². The highest BCUT2D eigenvalue weighted by Gasteiger charge is 2.59. The van der Waals surface area contributed by atoms with Gasteiger partial charge in [0, 0.05) is 46.4 Å². The third-order valence-electron chi connectivity index (χ3n) is 14.5. The Morgan fingerprint density at radius 3 is 2.18 bits per heavy atom. The molecule has 0 spiro atoms. The first-order valence-electron chi connectivity index (χ1n) is 24.2. The summed E-state index contributed by atoms with van der Waals surface area (Å²) in [4.78, 5) is 42.3.